The van der Waals surface area contributed by atoms with Gasteiger partial charge < -0.3 is 15.0 Å². The van der Waals surface area contributed by atoms with Crippen molar-refractivity contribution in [2.24, 2.45) is 0 Å². The second-order valence-electron chi connectivity index (χ2n) is 8.23. The summed E-state index contributed by atoms with van der Waals surface area (Å²) in [6, 6.07) is 12.9. The first-order chi connectivity index (χ1) is 16.8. The highest BCUT2D eigenvalue weighted by molar-refractivity contribution is 7.89. The van der Waals surface area contributed by atoms with Crippen LogP contribution in [0, 0.1) is 0 Å². The minimum atomic E-state index is -3.63. The van der Waals surface area contributed by atoms with Crippen molar-refractivity contribution < 1.29 is 22.7 Å². The SMILES string of the molecule is O=C(COC(=O)CCc1nc2ccccc2c(=O)[nH]1)Nc1cccc(S(=O)(=O)N2CCCCC2)c1. The number of fused-ring (bicyclic) bond motifs is 1. The van der Waals surface area contributed by atoms with Crippen LogP contribution in [0.15, 0.2) is 58.2 Å². The number of nitrogens with zero attached hydrogens (tertiary/aromatic N) is 2. The van der Waals surface area contributed by atoms with Crippen LogP contribution in [0.3, 0.4) is 0 Å². The Balaban J connectivity index is 1.29. The molecule has 0 bridgehead atoms. The molecule has 1 fully saturated rings. The van der Waals surface area contributed by atoms with Crippen molar-refractivity contribution in [1.82, 2.24) is 14.3 Å². The number of carbonyl (C=O) groups is 2. The van der Waals surface area contributed by atoms with Gasteiger partial charge in [-0.15, -0.1) is 0 Å². The van der Waals surface area contributed by atoms with E-state index in [9.17, 15) is 22.8 Å². The highest BCUT2D eigenvalue weighted by Crippen LogP contribution is 2.22. The summed E-state index contributed by atoms with van der Waals surface area (Å²) in [6.45, 7) is 0.443. The number of rotatable bonds is 8. The van der Waals surface area contributed by atoms with E-state index in [1.165, 1.54) is 16.4 Å². The lowest BCUT2D eigenvalue weighted by Gasteiger charge is -2.26. The Morgan fingerprint density at radius 2 is 1.83 bits per heavy atom. The van der Waals surface area contributed by atoms with Crippen LogP contribution in [0.1, 0.15) is 31.5 Å². The lowest BCUT2D eigenvalue weighted by atomic mass is 10.2. The Morgan fingerprint density at radius 1 is 1.06 bits per heavy atom. The summed E-state index contributed by atoms with van der Waals surface area (Å²) in [5.74, 6) is -0.873. The molecule has 1 amide bonds. The van der Waals surface area contributed by atoms with E-state index in [0.717, 1.165) is 19.3 Å². The number of sulfonamides is 1. The van der Waals surface area contributed by atoms with Crippen LogP contribution >= 0.6 is 0 Å². The third-order valence-corrected chi connectivity index (χ3v) is 7.56. The molecule has 3 aromatic rings. The summed E-state index contributed by atoms with van der Waals surface area (Å²) < 4.78 is 32.1. The Bertz CT molecular complexity index is 1400. The third kappa shape index (κ3) is 6.11. The molecule has 0 atom stereocenters. The zero-order valence-corrected chi connectivity index (χ0v) is 19.8. The maximum absolute atomic E-state index is 12.8. The van der Waals surface area contributed by atoms with Crippen LogP contribution in [0.25, 0.3) is 10.9 Å². The number of H-pyrrole nitrogens is 1. The molecule has 0 unspecified atom stereocenters. The van der Waals surface area contributed by atoms with Gasteiger partial charge in [0.2, 0.25) is 10.0 Å². The topological polar surface area (TPSA) is 139 Å². The summed E-state index contributed by atoms with van der Waals surface area (Å²) in [6.07, 6.45) is 2.74. The fraction of sp³-hybridized carbons (Fsp3) is 0.333. The quantitative estimate of drug-likeness (QED) is 0.454. The van der Waals surface area contributed by atoms with Gasteiger partial charge in [0.05, 0.1) is 22.2 Å². The number of ether oxygens (including phenoxy) is 1. The van der Waals surface area contributed by atoms with Gasteiger partial charge in [-0.3, -0.25) is 14.4 Å². The third-order valence-electron chi connectivity index (χ3n) is 5.66. The number of aryl methyl sites for hydroxylation is 1. The van der Waals surface area contributed by atoms with E-state index in [4.69, 9.17) is 4.74 Å². The molecule has 184 valence electrons. The average molecular weight is 499 g/mol. The fourth-order valence-corrected chi connectivity index (χ4v) is 5.44. The molecule has 1 aliphatic rings. The van der Waals surface area contributed by atoms with E-state index < -0.39 is 28.5 Å². The molecule has 11 heteroatoms. The van der Waals surface area contributed by atoms with Gasteiger partial charge in [0, 0.05) is 25.2 Å². The molecule has 2 aromatic carbocycles. The molecule has 0 saturated carbocycles. The number of para-hydroxylation sites is 1. The summed E-state index contributed by atoms with van der Waals surface area (Å²) in [5.41, 5.74) is 0.536. The van der Waals surface area contributed by atoms with Crippen LogP contribution in [0.2, 0.25) is 0 Å². The summed E-state index contributed by atoms with van der Waals surface area (Å²) in [4.78, 5) is 43.5. The molecule has 2 heterocycles. The molecule has 0 spiro atoms. The molecule has 4 rings (SSSR count). The lowest BCUT2D eigenvalue weighted by molar-refractivity contribution is -0.147. The van der Waals surface area contributed by atoms with Gasteiger partial charge in [0.15, 0.2) is 6.61 Å². The van der Waals surface area contributed by atoms with Crippen LogP contribution < -0.4 is 10.9 Å². The summed E-state index contributed by atoms with van der Waals surface area (Å²) in [5, 5.41) is 3.02. The second kappa shape index (κ2) is 10.8. The van der Waals surface area contributed by atoms with Crippen molar-refractivity contribution in [3.63, 3.8) is 0 Å². The van der Waals surface area contributed by atoms with E-state index in [0.29, 0.717) is 35.5 Å². The number of aromatic nitrogens is 2. The lowest BCUT2D eigenvalue weighted by Crippen LogP contribution is -2.35. The molecule has 0 aliphatic carbocycles. The first-order valence-electron chi connectivity index (χ1n) is 11.4. The van der Waals surface area contributed by atoms with E-state index >= 15 is 0 Å². The predicted octanol–water partition coefficient (Wildman–Crippen LogP) is 2.21. The van der Waals surface area contributed by atoms with Gasteiger partial charge in [-0.1, -0.05) is 24.6 Å². The summed E-state index contributed by atoms with van der Waals surface area (Å²) >= 11 is 0. The molecule has 1 aliphatic heterocycles. The number of aromatic amines is 1. The number of hydrogen-bond acceptors (Lipinski definition) is 7. The van der Waals surface area contributed by atoms with E-state index in [-0.39, 0.29) is 23.3 Å². The zero-order valence-electron chi connectivity index (χ0n) is 19.0. The monoisotopic (exact) mass is 498 g/mol. The molecular formula is C24H26N4O6S. The van der Waals surface area contributed by atoms with Crippen LogP contribution in [-0.2, 0) is 30.8 Å². The van der Waals surface area contributed by atoms with Gasteiger partial charge >= 0.3 is 5.97 Å². The molecule has 35 heavy (non-hydrogen) atoms. The smallest absolute Gasteiger partial charge is 0.306 e. The Labute approximate surface area is 202 Å². The minimum Gasteiger partial charge on any atom is -0.456 e. The van der Waals surface area contributed by atoms with Gasteiger partial charge in [0.25, 0.3) is 11.5 Å². The van der Waals surface area contributed by atoms with Crippen LogP contribution in [-0.4, -0.2) is 54.3 Å². The standard InChI is InChI=1S/C24H26N4O6S/c29-22(25-17-7-6-8-18(15-17)35(32,33)28-13-4-1-5-14-28)16-34-23(30)12-11-21-26-20-10-3-2-9-19(20)24(31)27-21/h2-3,6-10,15H,1,4-5,11-14,16H2,(H,25,29)(H,26,27,31). The van der Waals surface area contributed by atoms with Gasteiger partial charge in [0.1, 0.15) is 5.82 Å². The normalized spacial score (nSPS) is 14.5. The van der Waals surface area contributed by atoms with Crippen LogP contribution in [0.4, 0.5) is 5.69 Å². The minimum absolute atomic E-state index is 0.0713. The average Bonchev–Trinajstić information content (AvgIpc) is 2.87. The number of piperidine rings is 1. The number of carbonyl (C=O) groups excluding carboxylic acids is 2. The predicted molar refractivity (Wildman–Crippen MR) is 129 cm³/mol. The fourth-order valence-electron chi connectivity index (χ4n) is 3.88. The first kappa shape index (κ1) is 24.6. The molecule has 2 N–H and O–H groups in total. The number of benzene rings is 2. The van der Waals surface area contributed by atoms with Crippen molar-refractivity contribution in [1.29, 1.82) is 0 Å². The highest BCUT2D eigenvalue weighted by atomic mass is 32.2. The number of anilines is 1. The highest BCUT2D eigenvalue weighted by Gasteiger charge is 2.26. The second-order valence-corrected chi connectivity index (χ2v) is 10.2. The molecular weight excluding hydrogens is 472 g/mol. The zero-order chi connectivity index (χ0) is 24.8. The van der Waals surface area contributed by atoms with Crippen molar-refractivity contribution in [3.8, 4) is 0 Å². The van der Waals surface area contributed by atoms with Crippen LogP contribution in [0.5, 0.6) is 0 Å². The largest absolute Gasteiger partial charge is 0.456 e. The Hall–Kier alpha value is -3.57. The van der Waals surface area contributed by atoms with E-state index in [2.05, 4.69) is 15.3 Å². The Morgan fingerprint density at radius 3 is 2.63 bits per heavy atom. The maximum atomic E-state index is 12.8. The van der Waals surface area contributed by atoms with Crippen molar-refractivity contribution in [3.05, 3.63) is 64.7 Å². The van der Waals surface area contributed by atoms with E-state index in [1.54, 1.807) is 36.4 Å². The number of nitrogens with one attached hydrogen (secondary N) is 2. The number of hydrogen-bond donors (Lipinski definition) is 2. The number of esters is 1. The summed E-state index contributed by atoms with van der Waals surface area (Å²) in [7, 11) is -3.63. The van der Waals surface area contributed by atoms with Crippen molar-refractivity contribution >= 4 is 38.5 Å². The first-order valence-corrected chi connectivity index (χ1v) is 12.8. The maximum Gasteiger partial charge on any atom is 0.306 e. The Kier molecular flexibility index (Phi) is 7.57. The van der Waals surface area contributed by atoms with Gasteiger partial charge in [-0.2, -0.15) is 4.31 Å². The van der Waals surface area contributed by atoms with Crippen molar-refractivity contribution in [2.45, 2.75) is 37.0 Å². The number of amides is 1. The van der Waals surface area contributed by atoms with Gasteiger partial charge in [-0.25, -0.2) is 13.4 Å². The van der Waals surface area contributed by atoms with Gasteiger partial charge in [-0.05, 0) is 43.2 Å². The molecule has 10 nitrogen and oxygen atoms in total. The molecule has 0 radical (unpaired) electrons. The van der Waals surface area contributed by atoms with Crippen molar-refractivity contribution in [2.75, 3.05) is 25.0 Å². The van der Waals surface area contributed by atoms with E-state index in [1.807, 2.05) is 0 Å². The molecule has 1 saturated heterocycles. The molecule has 1 aromatic heterocycles.